The number of rotatable bonds is 5. The van der Waals surface area contributed by atoms with Crippen LogP contribution in [-0.4, -0.2) is 25.0 Å². The summed E-state index contributed by atoms with van der Waals surface area (Å²) in [7, 11) is 0. The Morgan fingerprint density at radius 2 is 2.33 bits per heavy atom. The quantitative estimate of drug-likeness (QED) is 0.500. The van der Waals surface area contributed by atoms with Crippen molar-refractivity contribution in [2.24, 2.45) is 0 Å². The van der Waals surface area contributed by atoms with Gasteiger partial charge in [0.15, 0.2) is 0 Å². The molecule has 0 radical (unpaired) electrons. The standard InChI is InChI=1S/C8H15NO3/c1-3-4-5-12-8(11)9-7(2)6-10/h6-7H,3-5H2,1-2H3,(H,9,11)/t7-/m0/s1. The van der Waals surface area contributed by atoms with Crippen molar-refractivity contribution in [1.82, 2.24) is 5.32 Å². The average molecular weight is 173 g/mol. The fraction of sp³-hybridized carbons (Fsp3) is 0.750. The predicted octanol–water partition coefficient (Wildman–Crippen LogP) is 1.10. The molecule has 0 aromatic rings. The van der Waals surface area contributed by atoms with E-state index in [1.165, 1.54) is 0 Å². The van der Waals surface area contributed by atoms with Crippen LogP contribution in [-0.2, 0) is 9.53 Å². The monoisotopic (exact) mass is 173 g/mol. The van der Waals surface area contributed by atoms with Crippen molar-refractivity contribution >= 4 is 12.4 Å². The molecule has 0 heterocycles. The number of hydrogen-bond donors (Lipinski definition) is 1. The van der Waals surface area contributed by atoms with E-state index in [-0.39, 0.29) is 0 Å². The van der Waals surface area contributed by atoms with Crippen molar-refractivity contribution in [2.45, 2.75) is 32.7 Å². The van der Waals surface area contributed by atoms with Crippen LogP contribution in [0.4, 0.5) is 4.79 Å². The molecule has 0 aliphatic heterocycles. The largest absolute Gasteiger partial charge is 0.450 e. The highest BCUT2D eigenvalue weighted by Gasteiger charge is 2.05. The van der Waals surface area contributed by atoms with E-state index in [4.69, 9.17) is 4.74 Å². The van der Waals surface area contributed by atoms with Crippen LogP contribution in [0.3, 0.4) is 0 Å². The highest BCUT2D eigenvalue weighted by molar-refractivity contribution is 5.72. The number of amides is 1. The third-order valence-electron chi connectivity index (χ3n) is 1.28. The summed E-state index contributed by atoms with van der Waals surface area (Å²) in [6.45, 7) is 4.01. The highest BCUT2D eigenvalue weighted by atomic mass is 16.5. The van der Waals surface area contributed by atoms with Crippen LogP contribution in [0.5, 0.6) is 0 Å². The van der Waals surface area contributed by atoms with E-state index in [1.54, 1.807) is 6.92 Å². The van der Waals surface area contributed by atoms with Gasteiger partial charge in [-0.25, -0.2) is 4.79 Å². The summed E-state index contributed by atoms with van der Waals surface area (Å²) in [4.78, 5) is 20.9. The van der Waals surface area contributed by atoms with Crippen LogP contribution in [0.25, 0.3) is 0 Å². The fourth-order valence-corrected chi connectivity index (χ4v) is 0.571. The Balaban J connectivity index is 3.39. The van der Waals surface area contributed by atoms with Gasteiger partial charge in [-0.3, -0.25) is 0 Å². The summed E-state index contributed by atoms with van der Waals surface area (Å²) in [5, 5.41) is 2.36. The molecule has 1 amide bonds. The molecule has 0 saturated carbocycles. The van der Waals surface area contributed by atoms with Crippen molar-refractivity contribution in [1.29, 1.82) is 0 Å². The summed E-state index contributed by atoms with van der Waals surface area (Å²) in [5.74, 6) is 0. The number of alkyl carbamates (subject to hydrolysis) is 1. The maximum atomic E-state index is 10.8. The zero-order valence-corrected chi connectivity index (χ0v) is 7.50. The van der Waals surface area contributed by atoms with E-state index in [0.29, 0.717) is 12.9 Å². The number of carbonyl (C=O) groups excluding carboxylic acids is 2. The van der Waals surface area contributed by atoms with E-state index in [1.807, 2.05) is 6.92 Å². The molecule has 70 valence electrons. The Labute approximate surface area is 72.3 Å². The molecule has 0 aromatic heterocycles. The summed E-state index contributed by atoms with van der Waals surface area (Å²) in [6, 6.07) is -0.473. The molecule has 0 spiro atoms. The minimum atomic E-state index is -0.525. The minimum Gasteiger partial charge on any atom is -0.450 e. The Morgan fingerprint density at radius 3 is 2.83 bits per heavy atom. The van der Waals surface area contributed by atoms with Gasteiger partial charge < -0.3 is 14.8 Å². The van der Waals surface area contributed by atoms with Crippen LogP contribution >= 0.6 is 0 Å². The van der Waals surface area contributed by atoms with E-state index >= 15 is 0 Å². The van der Waals surface area contributed by atoms with Gasteiger partial charge in [0.1, 0.15) is 6.29 Å². The Hall–Kier alpha value is -1.06. The number of aldehydes is 1. The first-order valence-electron chi connectivity index (χ1n) is 4.09. The molecular weight excluding hydrogens is 158 g/mol. The number of nitrogens with one attached hydrogen (secondary N) is 1. The lowest BCUT2D eigenvalue weighted by molar-refractivity contribution is -0.109. The van der Waals surface area contributed by atoms with Gasteiger partial charge in [0.25, 0.3) is 0 Å². The van der Waals surface area contributed by atoms with Crippen LogP contribution < -0.4 is 5.32 Å². The molecule has 0 unspecified atom stereocenters. The second kappa shape index (κ2) is 6.64. The van der Waals surface area contributed by atoms with Gasteiger partial charge in [-0.15, -0.1) is 0 Å². The van der Waals surface area contributed by atoms with Crippen molar-refractivity contribution in [2.75, 3.05) is 6.61 Å². The van der Waals surface area contributed by atoms with E-state index in [9.17, 15) is 9.59 Å². The summed E-state index contributed by atoms with van der Waals surface area (Å²) in [5.41, 5.74) is 0. The molecule has 0 rings (SSSR count). The second-order valence-corrected chi connectivity index (χ2v) is 2.56. The Kier molecular flexibility index (Phi) is 6.05. The average Bonchev–Trinajstić information content (AvgIpc) is 2.05. The molecular formula is C8H15NO3. The lowest BCUT2D eigenvalue weighted by Crippen LogP contribution is -2.34. The molecule has 0 aliphatic rings. The van der Waals surface area contributed by atoms with Crippen LogP contribution in [0.1, 0.15) is 26.7 Å². The molecule has 1 atom stereocenters. The van der Waals surface area contributed by atoms with Gasteiger partial charge >= 0.3 is 6.09 Å². The molecule has 1 N–H and O–H groups in total. The highest BCUT2D eigenvalue weighted by Crippen LogP contribution is 1.88. The normalized spacial score (nSPS) is 11.8. The third kappa shape index (κ3) is 5.70. The van der Waals surface area contributed by atoms with E-state index < -0.39 is 12.1 Å². The zero-order valence-electron chi connectivity index (χ0n) is 7.50. The third-order valence-corrected chi connectivity index (χ3v) is 1.28. The van der Waals surface area contributed by atoms with Crippen LogP contribution in [0.2, 0.25) is 0 Å². The molecule has 12 heavy (non-hydrogen) atoms. The van der Waals surface area contributed by atoms with E-state index in [0.717, 1.165) is 12.8 Å². The second-order valence-electron chi connectivity index (χ2n) is 2.56. The number of carbonyl (C=O) groups is 2. The van der Waals surface area contributed by atoms with Gasteiger partial charge in [0.2, 0.25) is 0 Å². The molecule has 0 saturated heterocycles. The van der Waals surface area contributed by atoms with Gasteiger partial charge in [0, 0.05) is 0 Å². The van der Waals surface area contributed by atoms with Gasteiger partial charge in [-0.05, 0) is 13.3 Å². The molecule has 0 fully saturated rings. The lowest BCUT2D eigenvalue weighted by Gasteiger charge is -2.07. The molecule has 4 heteroatoms. The number of unbranched alkanes of at least 4 members (excludes halogenated alkanes) is 1. The van der Waals surface area contributed by atoms with Crippen molar-refractivity contribution in [3.8, 4) is 0 Å². The van der Waals surface area contributed by atoms with Gasteiger partial charge in [-0.1, -0.05) is 13.3 Å². The van der Waals surface area contributed by atoms with Crippen molar-refractivity contribution in [3.05, 3.63) is 0 Å². The molecule has 4 nitrogen and oxygen atoms in total. The molecule has 0 aliphatic carbocycles. The van der Waals surface area contributed by atoms with Crippen molar-refractivity contribution in [3.63, 3.8) is 0 Å². The smallest absolute Gasteiger partial charge is 0.407 e. The first-order chi connectivity index (χ1) is 5.70. The first-order valence-corrected chi connectivity index (χ1v) is 4.09. The lowest BCUT2D eigenvalue weighted by atomic mass is 10.4. The molecule has 0 bridgehead atoms. The maximum Gasteiger partial charge on any atom is 0.407 e. The van der Waals surface area contributed by atoms with Crippen LogP contribution in [0, 0.1) is 0 Å². The maximum absolute atomic E-state index is 10.8. The molecule has 0 aromatic carbocycles. The first kappa shape index (κ1) is 10.9. The van der Waals surface area contributed by atoms with Crippen molar-refractivity contribution < 1.29 is 14.3 Å². The predicted molar refractivity (Wildman–Crippen MR) is 44.9 cm³/mol. The number of hydrogen-bond acceptors (Lipinski definition) is 3. The SMILES string of the molecule is CCCCOC(=O)N[C@@H](C)C=O. The van der Waals surface area contributed by atoms with Gasteiger partial charge in [-0.2, -0.15) is 0 Å². The Bertz CT molecular complexity index is 147. The fourth-order valence-electron chi connectivity index (χ4n) is 0.571. The summed E-state index contributed by atoms with van der Waals surface area (Å²) < 4.78 is 4.75. The summed E-state index contributed by atoms with van der Waals surface area (Å²) in [6.07, 6.45) is 1.96. The summed E-state index contributed by atoms with van der Waals surface area (Å²) >= 11 is 0. The topological polar surface area (TPSA) is 55.4 Å². The van der Waals surface area contributed by atoms with Gasteiger partial charge in [0.05, 0.1) is 12.6 Å². The number of ether oxygens (including phenoxy) is 1. The Morgan fingerprint density at radius 1 is 1.67 bits per heavy atom. The van der Waals surface area contributed by atoms with E-state index in [2.05, 4.69) is 5.32 Å². The zero-order chi connectivity index (χ0) is 9.40. The van der Waals surface area contributed by atoms with Crippen LogP contribution in [0.15, 0.2) is 0 Å². The minimum absolute atomic E-state index is 0.411.